The lowest BCUT2D eigenvalue weighted by atomic mass is 10.1. The number of aromatic nitrogens is 1. The van der Waals surface area contributed by atoms with Gasteiger partial charge in [0.05, 0.1) is 5.69 Å². The monoisotopic (exact) mass is 239 g/mol. The van der Waals surface area contributed by atoms with E-state index in [0.717, 1.165) is 17.0 Å². The van der Waals surface area contributed by atoms with Crippen LogP contribution in [0.5, 0.6) is 0 Å². The van der Waals surface area contributed by atoms with Crippen LogP contribution < -0.4 is 11.1 Å². The zero-order valence-corrected chi connectivity index (χ0v) is 11.0. The van der Waals surface area contributed by atoms with Gasteiger partial charge in [0.15, 0.2) is 0 Å². The van der Waals surface area contributed by atoms with Gasteiger partial charge in [-0.15, -0.1) is 0 Å². The molecule has 5 nitrogen and oxygen atoms in total. The predicted molar refractivity (Wildman–Crippen MR) is 65.6 cm³/mol. The molecule has 0 spiro atoms. The molecule has 0 aliphatic carbocycles. The van der Waals surface area contributed by atoms with Crippen LogP contribution in [0.1, 0.15) is 37.3 Å². The standard InChI is InChI=1S/C12H21N3O2/c1-8-10(9(2)17-15-8)5-6-11(16)14-7-12(3,4)13/h5-7,13H2,1-4H3,(H,14,16). The van der Waals surface area contributed by atoms with Gasteiger partial charge in [0.1, 0.15) is 5.76 Å². The van der Waals surface area contributed by atoms with Crippen LogP contribution in [0.2, 0.25) is 0 Å². The summed E-state index contributed by atoms with van der Waals surface area (Å²) >= 11 is 0. The first-order valence-electron chi connectivity index (χ1n) is 5.77. The number of hydrogen-bond donors (Lipinski definition) is 2. The molecule has 0 saturated carbocycles. The van der Waals surface area contributed by atoms with Gasteiger partial charge in [0, 0.05) is 24.1 Å². The topological polar surface area (TPSA) is 81.2 Å². The van der Waals surface area contributed by atoms with Gasteiger partial charge in [0.25, 0.3) is 0 Å². The van der Waals surface area contributed by atoms with E-state index < -0.39 is 0 Å². The Bertz CT molecular complexity index is 371. The highest BCUT2D eigenvalue weighted by atomic mass is 16.5. The Labute approximate surface area is 102 Å². The normalized spacial score (nSPS) is 11.6. The predicted octanol–water partition coefficient (Wildman–Crippen LogP) is 1.08. The fourth-order valence-corrected chi connectivity index (χ4v) is 1.51. The van der Waals surface area contributed by atoms with E-state index in [9.17, 15) is 4.79 Å². The lowest BCUT2D eigenvalue weighted by Crippen LogP contribution is -2.45. The average molecular weight is 239 g/mol. The summed E-state index contributed by atoms with van der Waals surface area (Å²) in [5.74, 6) is 0.790. The highest BCUT2D eigenvalue weighted by Crippen LogP contribution is 2.14. The molecule has 0 atom stereocenters. The Balaban J connectivity index is 2.39. The van der Waals surface area contributed by atoms with Gasteiger partial charge in [-0.1, -0.05) is 5.16 Å². The first-order chi connectivity index (χ1) is 7.79. The van der Waals surface area contributed by atoms with Crippen molar-refractivity contribution in [1.29, 1.82) is 0 Å². The summed E-state index contributed by atoms with van der Waals surface area (Å²) < 4.78 is 5.04. The number of aryl methyl sites for hydroxylation is 2. The van der Waals surface area contributed by atoms with Crippen molar-refractivity contribution in [3.8, 4) is 0 Å². The molecule has 0 aliphatic rings. The Kier molecular flexibility index (Phi) is 4.28. The van der Waals surface area contributed by atoms with Crippen LogP contribution in [0.25, 0.3) is 0 Å². The van der Waals surface area contributed by atoms with Crippen LogP contribution in [-0.2, 0) is 11.2 Å². The lowest BCUT2D eigenvalue weighted by molar-refractivity contribution is -0.121. The molecule has 0 saturated heterocycles. The van der Waals surface area contributed by atoms with E-state index in [1.807, 2.05) is 27.7 Å². The minimum atomic E-state index is -0.376. The van der Waals surface area contributed by atoms with Gasteiger partial charge in [-0.05, 0) is 34.1 Å². The molecule has 0 radical (unpaired) electrons. The number of rotatable bonds is 5. The van der Waals surface area contributed by atoms with E-state index in [-0.39, 0.29) is 11.4 Å². The number of hydrogen-bond acceptors (Lipinski definition) is 4. The molecule has 1 aromatic heterocycles. The number of nitrogens with two attached hydrogens (primary N) is 1. The second-order valence-corrected chi connectivity index (χ2v) is 5.07. The maximum Gasteiger partial charge on any atom is 0.220 e. The van der Waals surface area contributed by atoms with Crippen molar-refractivity contribution in [2.45, 2.75) is 46.1 Å². The largest absolute Gasteiger partial charge is 0.361 e. The first-order valence-corrected chi connectivity index (χ1v) is 5.77. The van der Waals surface area contributed by atoms with Crippen LogP contribution in [0, 0.1) is 13.8 Å². The maximum absolute atomic E-state index is 11.6. The molecule has 0 unspecified atom stereocenters. The second-order valence-electron chi connectivity index (χ2n) is 5.07. The van der Waals surface area contributed by atoms with Crippen molar-refractivity contribution in [3.05, 3.63) is 17.0 Å². The van der Waals surface area contributed by atoms with Crippen molar-refractivity contribution in [2.24, 2.45) is 5.73 Å². The first kappa shape index (κ1) is 13.7. The molecule has 17 heavy (non-hydrogen) atoms. The molecule has 1 aromatic rings. The van der Waals surface area contributed by atoms with Crippen LogP contribution in [0.3, 0.4) is 0 Å². The Hall–Kier alpha value is -1.36. The quantitative estimate of drug-likeness (QED) is 0.805. The summed E-state index contributed by atoms with van der Waals surface area (Å²) in [6.45, 7) is 7.97. The van der Waals surface area contributed by atoms with Crippen LogP contribution >= 0.6 is 0 Å². The molecule has 1 rings (SSSR count). The molecule has 0 fully saturated rings. The van der Waals surface area contributed by atoms with Gasteiger partial charge in [-0.2, -0.15) is 0 Å². The van der Waals surface area contributed by atoms with Gasteiger partial charge in [-0.25, -0.2) is 0 Å². The highest BCUT2D eigenvalue weighted by Gasteiger charge is 2.14. The summed E-state index contributed by atoms with van der Waals surface area (Å²) in [5.41, 5.74) is 7.28. The third-order valence-corrected chi connectivity index (χ3v) is 2.52. The smallest absolute Gasteiger partial charge is 0.220 e. The second kappa shape index (κ2) is 5.31. The van der Waals surface area contributed by atoms with E-state index in [2.05, 4.69) is 10.5 Å². The third kappa shape index (κ3) is 4.56. The van der Waals surface area contributed by atoms with E-state index in [4.69, 9.17) is 10.3 Å². The number of nitrogens with one attached hydrogen (secondary N) is 1. The SMILES string of the molecule is Cc1noc(C)c1CCC(=O)NCC(C)(C)N. The molecule has 1 heterocycles. The lowest BCUT2D eigenvalue weighted by Gasteiger charge is -2.18. The molecule has 3 N–H and O–H groups in total. The van der Waals surface area contributed by atoms with Crippen LogP contribution in [0.15, 0.2) is 4.52 Å². The molecule has 0 bridgehead atoms. The number of carbonyl (C=O) groups excluding carboxylic acids is 1. The third-order valence-electron chi connectivity index (χ3n) is 2.52. The molecule has 0 aliphatic heterocycles. The van der Waals surface area contributed by atoms with E-state index >= 15 is 0 Å². The summed E-state index contributed by atoms with van der Waals surface area (Å²) in [7, 11) is 0. The van der Waals surface area contributed by atoms with Crippen LogP contribution in [-0.4, -0.2) is 23.1 Å². The summed E-state index contributed by atoms with van der Waals surface area (Å²) in [6.07, 6.45) is 1.08. The maximum atomic E-state index is 11.6. The Morgan fingerprint density at radius 3 is 2.59 bits per heavy atom. The molecule has 1 amide bonds. The molecular weight excluding hydrogens is 218 g/mol. The Morgan fingerprint density at radius 1 is 1.47 bits per heavy atom. The molecule has 5 heteroatoms. The summed E-state index contributed by atoms with van der Waals surface area (Å²) in [6, 6.07) is 0. The minimum Gasteiger partial charge on any atom is -0.361 e. The van der Waals surface area contributed by atoms with Gasteiger partial charge in [0.2, 0.25) is 5.91 Å². The van der Waals surface area contributed by atoms with Gasteiger partial charge in [-0.3, -0.25) is 4.79 Å². The summed E-state index contributed by atoms with van der Waals surface area (Å²) in [5, 5.41) is 6.66. The summed E-state index contributed by atoms with van der Waals surface area (Å²) in [4.78, 5) is 11.6. The van der Waals surface area contributed by atoms with Crippen molar-refractivity contribution in [2.75, 3.05) is 6.54 Å². The zero-order chi connectivity index (χ0) is 13.1. The van der Waals surface area contributed by atoms with Crippen molar-refractivity contribution < 1.29 is 9.32 Å². The van der Waals surface area contributed by atoms with Gasteiger partial charge >= 0.3 is 0 Å². The van der Waals surface area contributed by atoms with Crippen molar-refractivity contribution in [3.63, 3.8) is 0 Å². The fourth-order valence-electron chi connectivity index (χ4n) is 1.51. The highest BCUT2D eigenvalue weighted by molar-refractivity contribution is 5.76. The Morgan fingerprint density at radius 2 is 2.12 bits per heavy atom. The number of carbonyl (C=O) groups is 1. The molecule has 96 valence electrons. The minimum absolute atomic E-state index is 0.00326. The van der Waals surface area contributed by atoms with Crippen molar-refractivity contribution in [1.82, 2.24) is 10.5 Å². The van der Waals surface area contributed by atoms with Crippen molar-refractivity contribution >= 4 is 5.91 Å². The van der Waals surface area contributed by atoms with Gasteiger partial charge < -0.3 is 15.6 Å². The zero-order valence-electron chi connectivity index (χ0n) is 11.0. The van der Waals surface area contributed by atoms with E-state index in [1.165, 1.54) is 0 Å². The number of nitrogens with zero attached hydrogens (tertiary/aromatic N) is 1. The van der Waals surface area contributed by atoms with Crippen LogP contribution in [0.4, 0.5) is 0 Å². The van der Waals surface area contributed by atoms with E-state index in [0.29, 0.717) is 19.4 Å². The molecular formula is C12H21N3O2. The fraction of sp³-hybridized carbons (Fsp3) is 0.667. The number of amides is 1. The average Bonchev–Trinajstić information content (AvgIpc) is 2.52. The molecule has 0 aromatic carbocycles. The van der Waals surface area contributed by atoms with E-state index in [1.54, 1.807) is 0 Å².